The predicted molar refractivity (Wildman–Crippen MR) is 87.7 cm³/mol. The van der Waals surface area contributed by atoms with Crippen LogP contribution in [0.3, 0.4) is 0 Å². The van der Waals surface area contributed by atoms with Crippen molar-refractivity contribution in [3.63, 3.8) is 0 Å². The Labute approximate surface area is 135 Å². The van der Waals surface area contributed by atoms with Crippen LogP contribution >= 0.6 is 0 Å². The third-order valence-corrected chi connectivity index (χ3v) is 5.55. The van der Waals surface area contributed by atoms with Gasteiger partial charge in [-0.2, -0.15) is 5.10 Å². The van der Waals surface area contributed by atoms with Gasteiger partial charge in [-0.05, 0) is 42.3 Å². The summed E-state index contributed by atoms with van der Waals surface area (Å²) in [5.74, 6) is 0.617. The van der Waals surface area contributed by atoms with E-state index in [0.717, 1.165) is 0 Å². The van der Waals surface area contributed by atoms with Crippen LogP contribution in [0.5, 0.6) is 5.75 Å². The van der Waals surface area contributed by atoms with E-state index in [9.17, 15) is 8.42 Å². The number of sulfone groups is 1. The summed E-state index contributed by atoms with van der Waals surface area (Å²) in [6, 6.07) is 11.8. The molecule has 5 nitrogen and oxygen atoms in total. The summed E-state index contributed by atoms with van der Waals surface area (Å²) in [6.07, 6.45) is 1.76. The van der Waals surface area contributed by atoms with Gasteiger partial charge in [0, 0.05) is 6.20 Å². The molecule has 1 aromatic carbocycles. The standard InChI is InChI=1S/C17H18N2O3S/c1-12(2)16-17(15-6-4-5-11-19(15)18-16)23(20,21)14-9-7-13(22-3)8-10-14/h4-12H,1-3H3. The monoisotopic (exact) mass is 330 g/mol. The minimum absolute atomic E-state index is 0.00192. The summed E-state index contributed by atoms with van der Waals surface area (Å²) in [5, 5.41) is 4.45. The highest BCUT2D eigenvalue weighted by Crippen LogP contribution is 2.32. The van der Waals surface area contributed by atoms with Crippen LogP contribution < -0.4 is 4.74 Å². The Morgan fingerprint density at radius 3 is 2.39 bits per heavy atom. The zero-order valence-corrected chi connectivity index (χ0v) is 14.0. The van der Waals surface area contributed by atoms with Crippen molar-refractivity contribution in [2.75, 3.05) is 7.11 Å². The maximum absolute atomic E-state index is 13.1. The Balaban J connectivity index is 2.26. The Hall–Kier alpha value is -2.34. The first-order valence-electron chi connectivity index (χ1n) is 7.31. The van der Waals surface area contributed by atoms with E-state index >= 15 is 0 Å². The average Bonchev–Trinajstić information content (AvgIpc) is 2.95. The zero-order chi connectivity index (χ0) is 16.6. The minimum Gasteiger partial charge on any atom is -0.497 e. The van der Waals surface area contributed by atoms with Crippen molar-refractivity contribution >= 4 is 15.4 Å². The van der Waals surface area contributed by atoms with Crippen molar-refractivity contribution in [1.29, 1.82) is 0 Å². The van der Waals surface area contributed by atoms with Crippen LogP contribution in [0.4, 0.5) is 0 Å². The fourth-order valence-electron chi connectivity index (χ4n) is 2.52. The van der Waals surface area contributed by atoms with Gasteiger partial charge in [0.05, 0.1) is 23.2 Å². The van der Waals surface area contributed by atoms with Crippen LogP contribution in [0, 0.1) is 0 Å². The topological polar surface area (TPSA) is 60.7 Å². The summed E-state index contributed by atoms with van der Waals surface area (Å²) < 4.78 is 33.0. The number of nitrogens with zero attached hydrogens (tertiary/aromatic N) is 2. The summed E-state index contributed by atoms with van der Waals surface area (Å²) in [6.45, 7) is 3.88. The van der Waals surface area contributed by atoms with Crippen LogP contribution in [-0.2, 0) is 9.84 Å². The van der Waals surface area contributed by atoms with Gasteiger partial charge in [0.15, 0.2) is 0 Å². The lowest BCUT2D eigenvalue weighted by Crippen LogP contribution is -2.05. The summed E-state index contributed by atoms with van der Waals surface area (Å²) in [7, 11) is -2.11. The van der Waals surface area contributed by atoms with Gasteiger partial charge >= 0.3 is 0 Å². The third-order valence-electron chi connectivity index (χ3n) is 3.71. The molecule has 3 aromatic rings. The van der Waals surface area contributed by atoms with E-state index in [0.29, 0.717) is 17.0 Å². The van der Waals surface area contributed by atoms with E-state index in [1.165, 1.54) is 0 Å². The second kappa shape index (κ2) is 5.70. The molecule has 0 saturated carbocycles. The van der Waals surface area contributed by atoms with Gasteiger partial charge in [0.25, 0.3) is 0 Å². The lowest BCUT2D eigenvalue weighted by atomic mass is 10.1. The fourth-order valence-corrected chi connectivity index (χ4v) is 4.24. The van der Waals surface area contributed by atoms with Crippen LogP contribution in [-0.4, -0.2) is 25.1 Å². The molecule has 0 fully saturated rings. The first-order valence-corrected chi connectivity index (χ1v) is 8.80. The lowest BCUT2D eigenvalue weighted by Gasteiger charge is -2.08. The van der Waals surface area contributed by atoms with Crippen molar-refractivity contribution in [1.82, 2.24) is 9.61 Å². The number of fused-ring (bicyclic) bond motifs is 1. The molecule has 0 radical (unpaired) electrons. The molecule has 2 aromatic heterocycles. The number of rotatable bonds is 4. The summed E-state index contributed by atoms with van der Waals surface area (Å²) in [4.78, 5) is 0.511. The maximum atomic E-state index is 13.1. The molecule has 0 amide bonds. The molecule has 0 bridgehead atoms. The first-order chi connectivity index (χ1) is 10.9. The van der Waals surface area contributed by atoms with Gasteiger partial charge in [-0.3, -0.25) is 0 Å². The third kappa shape index (κ3) is 2.59. The smallest absolute Gasteiger partial charge is 0.210 e. The summed E-state index contributed by atoms with van der Waals surface area (Å²) in [5.41, 5.74) is 1.17. The molecule has 23 heavy (non-hydrogen) atoms. The van der Waals surface area contributed by atoms with E-state index in [2.05, 4.69) is 5.10 Å². The van der Waals surface area contributed by atoms with E-state index < -0.39 is 9.84 Å². The molecule has 2 heterocycles. The van der Waals surface area contributed by atoms with E-state index in [4.69, 9.17) is 4.74 Å². The van der Waals surface area contributed by atoms with Gasteiger partial charge in [0.1, 0.15) is 10.6 Å². The molecule has 0 aliphatic carbocycles. The number of methoxy groups -OCH3 is 1. The minimum atomic E-state index is -3.66. The Kier molecular flexibility index (Phi) is 3.85. The molecule has 0 N–H and O–H groups in total. The highest BCUT2D eigenvalue weighted by atomic mass is 32.2. The Bertz CT molecular complexity index is 942. The van der Waals surface area contributed by atoms with Crippen LogP contribution in [0.25, 0.3) is 5.52 Å². The molecule has 120 valence electrons. The molecule has 0 aliphatic heterocycles. The van der Waals surface area contributed by atoms with Gasteiger partial charge in [-0.15, -0.1) is 0 Å². The quantitative estimate of drug-likeness (QED) is 0.736. The SMILES string of the molecule is COc1ccc(S(=O)(=O)c2c(C(C)C)nn3ccccc23)cc1. The molecule has 0 atom stereocenters. The largest absolute Gasteiger partial charge is 0.497 e. The number of pyridine rings is 1. The highest BCUT2D eigenvalue weighted by Gasteiger charge is 2.28. The molecular weight excluding hydrogens is 312 g/mol. The van der Waals surface area contributed by atoms with E-state index in [-0.39, 0.29) is 15.7 Å². The normalized spacial score (nSPS) is 12.0. The summed E-state index contributed by atoms with van der Waals surface area (Å²) >= 11 is 0. The number of aromatic nitrogens is 2. The zero-order valence-electron chi connectivity index (χ0n) is 13.2. The van der Waals surface area contributed by atoms with E-state index in [1.807, 2.05) is 26.0 Å². The average molecular weight is 330 g/mol. The van der Waals surface area contributed by atoms with Crippen molar-refractivity contribution < 1.29 is 13.2 Å². The van der Waals surface area contributed by atoms with Gasteiger partial charge in [0.2, 0.25) is 9.84 Å². The molecule has 0 spiro atoms. The van der Waals surface area contributed by atoms with Crippen LogP contribution in [0.1, 0.15) is 25.5 Å². The molecule has 0 aliphatic rings. The van der Waals surface area contributed by atoms with Crippen molar-refractivity contribution in [2.45, 2.75) is 29.6 Å². The second-order valence-electron chi connectivity index (χ2n) is 5.58. The number of hydrogen-bond donors (Lipinski definition) is 0. The van der Waals surface area contributed by atoms with Crippen molar-refractivity contribution in [3.05, 3.63) is 54.4 Å². The Morgan fingerprint density at radius 1 is 1.09 bits per heavy atom. The van der Waals surface area contributed by atoms with Crippen molar-refractivity contribution in [3.8, 4) is 5.75 Å². The maximum Gasteiger partial charge on any atom is 0.210 e. The van der Waals surface area contributed by atoms with Crippen molar-refractivity contribution in [2.24, 2.45) is 0 Å². The molecule has 6 heteroatoms. The number of ether oxygens (including phenoxy) is 1. The highest BCUT2D eigenvalue weighted by molar-refractivity contribution is 7.91. The molecule has 3 rings (SSSR count). The van der Waals surface area contributed by atoms with Crippen LogP contribution in [0.15, 0.2) is 58.5 Å². The Morgan fingerprint density at radius 2 is 1.78 bits per heavy atom. The van der Waals surface area contributed by atoms with Gasteiger partial charge in [-0.1, -0.05) is 19.9 Å². The second-order valence-corrected chi connectivity index (χ2v) is 7.47. The molecule has 0 unspecified atom stereocenters. The van der Waals surface area contributed by atoms with Gasteiger partial charge < -0.3 is 4.74 Å². The number of hydrogen-bond acceptors (Lipinski definition) is 4. The molecular formula is C17H18N2O3S. The number of benzene rings is 1. The predicted octanol–water partition coefficient (Wildman–Crippen LogP) is 3.30. The first kappa shape index (κ1) is 15.6. The lowest BCUT2D eigenvalue weighted by molar-refractivity contribution is 0.414. The van der Waals surface area contributed by atoms with E-state index in [1.54, 1.807) is 48.2 Å². The van der Waals surface area contributed by atoms with Crippen LogP contribution in [0.2, 0.25) is 0 Å². The molecule has 0 saturated heterocycles. The van der Waals surface area contributed by atoms with Gasteiger partial charge in [-0.25, -0.2) is 12.9 Å². The fraction of sp³-hybridized carbons (Fsp3) is 0.235.